The maximum absolute atomic E-state index is 13.7. The number of β-lactam (4-membered cyclic amide) rings is 1. The molecule has 3 aromatic carbocycles. The molecule has 10 heteroatoms. The van der Waals surface area contributed by atoms with E-state index in [2.05, 4.69) is 0 Å². The Morgan fingerprint density at radius 2 is 1.55 bits per heavy atom. The van der Waals surface area contributed by atoms with Gasteiger partial charge >= 0.3 is 11.9 Å². The van der Waals surface area contributed by atoms with Crippen LogP contribution in [0.5, 0.6) is 11.5 Å². The first-order chi connectivity index (χ1) is 19.5. The zero-order valence-corrected chi connectivity index (χ0v) is 22.5. The van der Waals surface area contributed by atoms with Gasteiger partial charge in [-0.25, -0.2) is 9.59 Å². The predicted molar refractivity (Wildman–Crippen MR) is 148 cm³/mol. The molecule has 9 nitrogen and oxygen atoms in total. The number of methoxy groups -OCH3 is 1. The number of carbonyl (C=O) groups excluding carboxylic acids is 3. The Hall–Kier alpha value is -4.28. The number of fused-ring (bicyclic) bond motifs is 1. The van der Waals surface area contributed by atoms with E-state index < -0.39 is 24.1 Å². The van der Waals surface area contributed by atoms with Crippen LogP contribution in [-0.2, 0) is 23.9 Å². The molecule has 206 valence electrons. The zero-order chi connectivity index (χ0) is 28.1. The minimum Gasteiger partial charge on any atom is -0.497 e. The summed E-state index contributed by atoms with van der Waals surface area (Å²) in [7, 11) is 1.56. The van der Waals surface area contributed by atoms with Crippen LogP contribution >= 0.6 is 11.8 Å². The maximum atomic E-state index is 13.7. The molecule has 1 amide bonds. The molecule has 5 rings (SSSR count). The van der Waals surface area contributed by atoms with Crippen LogP contribution in [-0.4, -0.2) is 60.2 Å². The van der Waals surface area contributed by atoms with Gasteiger partial charge in [-0.15, -0.1) is 11.8 Å². The number of hydrogen-bond donors (Lipinski definition) is 1. The van der Waals surface area contributed by atoms with E-state index in [4.69, 9.17) is 24.7 Å². The van der Waals surface area contributed by atoms with Crippen molar-refractivity contribution in [1.29, 1.82) is 0 Å². The average Bonchev–Trinajstić information content (AvgIpc) is 3.01. The summed E-state index contributed by atoms with van der Waals surface area (Å²) in [6, 6.07) is 24.8. The van der Waals surface area contributed by atoms with Crippen LogP contribution in [0.1, 0.15) is 17.2 Å². The molecule has 0 radical (unpaired) electrons. The molecular weight excluding hydrogens is 532 g/mol. The third-order valence-electron chi connectivity index (χ3n) is 6.53. The van der Waals surface area contributed by atoms with Crippen LogP contribution in [0, 0.1) is 0 Å². The van der Waals surface area contributed by atoms with E-state index in [0.29, 0.717) is 22.8 Å². The summed E-state index contributed by atoms with van der Waals surface area (Å²) in [5.74, 6) is -0.209. The number of nitrogens with zero attached hydrogens (tertiary/aromatic N) is 1. The van der Waals surface area contributed by atoms with Gasteiger partial charge in [0.15, 0.2) is 12.7 Å². The highest BCUT2D eigenvalue weighted by atomic mass is 32.2. The maximum Gasteiger partial charge on any atom is 0.356 e. The van der Waals surface area contributed by atoms with Crippen molar-refractivity contribution in [3.8, 4) is 11.5 Å². The molecule has 2 heterocycles. The Morgan fingerprint density at radius 3 is 2.15 bits per heavy atom. The second kappa shape index (κ2) is 12.3. The van der Waals surface area contributed by atoms with Gasteiger partial charge in [-0.1, -0.05) is 60.7 Å². The van der Waals surface area contributed by atoms with Gasteiger partial charge in [0.1, 0.15) is 35.2 Å². The van der Waals surface area contributed by atoms with Gasteiger partial charge in [-0.3, -0.25) is 9.69 Å². The van der Waals surface area contributed by atoms with Crippen molar-refractivity contribution in [3.05, 3.63) is 107 Å². The average molecular weight is 561 g/mol. The molecule has 1 saturated heterocycles. The van der Waals surface area contributed by atoms with Crippen molar-refractivity contribution in [3.63, 3.8) is 0 Å². The molecule has 0 aliphatic carbocycles. The molecule has 0 aromatic heterocycles. The highest BCUT2D eigenvalue weighted by Crippen LogP contribution is 2.41. The summed E-state index contributed by atoms with van der Waals surface area (Å²) < 4.78 is 22.1. The van der Waals surface area contributed by atoms with Gasteiger partial charge in [0.2, 0.25) is 5.91 Å². The smallest absolute Gasteiger partial charge is 0.356 e. The van der Waals surface area contributed by atoms with E-state index in [-0.39, 0.29) is 30.2 Å². The lowest BCUT2D eigenvalue weighted by molar-refractivity contribution is -0.153. The monoisotopic (exact) mass is 560 g/mol. The standard InChI is InChI=1S/C30H28N2O7S/c1-36-22-12-14-23(15-13-22)37-17-24(33)38-16-21-18-40-29-25(31)28(34)32(29)26(21)30(35)39-27(19-8-4-2-5-9-19)20-10-6-3-7-11-20/h2-15,25,27,29H,16-18,31H2,1H3/t25?,29-/m0/s1. The van der Waals surface area contributed by atoms with Gasteiger partial charge in [0, 0.05) is 11.3 Å². The van der Waals surface area contributed by atoms with Crippen LogP contribution in [0.3, 0.4) is 0 Å². The summed E-state index contributed by atoms with van der Waals surface area (Å²) in [5, 5.41) is -0.389. The Balaban J connectivity index is 1.33. The molecule has 0 spiro atoms. The molecule has 1 unspecified atom stereocenters. The van der Waals surface area contributed by atoms with E-state index in [1.54, 1.807) is 31.4 Å². The molecule has 2 N–H and O–H groups in total. The highest BCUT2D eigenvalue weighted by molar-refractivity contribution is 8.00. The molecule has 2 aliphatic rings. The first-order valence-corrected chi connectivity index (χ1v) is 13.7. The number of amides is 1. The second-order valence-electron chi connectivity index (χ2n) is 9.12. The van der Waals surface area contributed by atoms with Gasteiger partial charge in [-0.2, -0.15) is 0 Å². The third-order valence-corrected chi connectivity index (χ3v) is 7.90. The summed E-state index contributed by atoms with van der Waals surface area (Å²) in [6.45, 7) is -0.526. The van der Waals surface area contributed by atoms with Crippen molar-refractivity contribution in [1.82, 2.24) is 4.90 Å². The van der Waals surface area contributed by atoms with E-state index in [1.807, 2.05) is 60.7 Å². The molecule has 2 aliphatic heterocycles. The quantitative estimate of drug-likeness (QED) is 0.294. The summed E-state index contributed by atoms with van der Waals surface area (Å²) in [4.78, 5) is 40.3. The van der Waals surface area contributed by atoms with Gasteiger partial charge < -0.3 is 24.7 Å². The number of carbonyl (C=O) groups is 3. The van der Waals surface area contributed by atoms with Gasteiger partial charge in [0.25, 0.3) is 0 Å². The van der Waals surface area contributed by atoms with Gasteiger partial charge in [0.05, 0.1) is 7.11 Å². The first-order valence-electron chi connectivity index (χ1n) is 12.6. The number of thioether (sulfide) groups is 1. The van der Waals surface area contributed by atoms with E-state index in [9.17, 15) is 14.4 Å². The SMILES string of the molecule is COc1ccc(OCC(=O)OCC2=C(C(=O)OC(c3ccccc3)c3ccccc3)N3C(=O)C(N)[C@@H]3SC2)cc1. The largest absolute Gasteiger partial charge is 0.497 e. The fourth-order valence-corrected chi connectivity index (χ4v) is 5.72. The van der Waals surface area contributed by atoms with Gasteiger partial charge in [-0.05, 0) is 35.4 Å². The van der Waals surface area contributed by atoms with Crippen LogP contribution < -0.4 is 15.2 Å². The molecule has 3 aromatic rings. The van der Waals surface area contributed by atoms with E-state index >= 15 is 0 Å². The van der Waals surface area contributed by atoms with Crippen molar-refractivity contribution < 1.29 is 33.3 Å². The predicted octanol–water partition coefficient (Wildman–Crippen LogP) is 3.45. The molecule has 0 bridgehead atoms. The van der Waals surface area contributed by atoms with Crippen molar-refractivity contribution in [2.45, 2.75) is 17.5 Å². The fourth-order valence-electron chi connectivity index (χ4n) is 4.45. The van der Waals surface area contributed by atoms with Crippen molar-refractivity contribution in [2.75, 3.05) is 26.1 Å². The number of ether oxygens (including phenoxy) is 4. The number of benzene rings is 3. The topological polar surface area (TPSA) is 117 Å². The normalized spacial score (nSPS) is 18.1. The van der Waals surface area contributed by atoms with Crippen LogP contribution in [0.4, 0.5) is 0 Å². The second-order valence-corrected chi connectivity index (χ2v) is 10.2. The number of nitrogens with two attached hydrogens (primary N) is 1. The summed E-state index contributed by atoms with van der Waals surface area (Å²) in [5.41, 5.74) is 8.09. The first kappa shape index (κ1) is 27.3. The highest BCUT2D eigenvalue weighted by Gasteiger charge is 2.52. The van der Waals surface area contributed by atoms with Crippen molar-refractivity contribution in [2.24, 2.45) is 5.73 Å². The lowest BCUT2D eigenvalue weighted by Crippen LogP contribution is -2.68. The van der Waals surface area contributed by atoms with Crippen molar-refractivity contribution >= 4 is 29.6 Å². The molecular formula is C30H28N2O7S. The minimum absolute atomic E-state index is 0.0659. The molecule has 2 atom stereocenters. The Labute approximate surface area is 235 Å². The van der Waals surface area contributed by atoms with Crippen LogP contribution in [0.25, 0.3) is 0 Å². The summed E-state index contributed by atoms with van der Waals surface area (Å²) in [6.07, 6.45) is -0.706. The fraction of sp³-hybridized carbons (Fsp3) is 0.233. The number of hydrogen-bond acceptors (Lipinski definition) is 9. The molecule has 0 saturated carbocycles. The number of rotatable bonds is 10. The third kappa shape index (κ3) is 5.83. The lowest BCUT2D eigenvalue weighted by atomic mass is 10.0. The van der Waals surface area contributed by atoms with E-state index in [0.717, 1.165) is 11.1 Å². The number of esters is 2. The summed E-state index contributed by atoms with van der Waals surface area (Å²) >= 11 is 1.41. The minimum atomic E-state index is -0.714. The Morgan fingerprint density at radius 1 is 0.950 bits per heavy atom. The Kier molecular flexibility index (Phi) is 8.37. The van der Waals surface area contributed by atoms with Crippen LogP contribution in [0.2, 0.25) is 0 Å². The zero-order valence-electron chi connectivity index (χ0n) is 21.7. The molecule has 1 fully saturated rings. The molecule has 40 heavy (non-hydrogen) atoms. The van der Waals surface area contributed by atoms with E-state index in [1.165, 1.54) is 16.7 Å². The Bertz CT molecular complexity index is 1360. The van der Waals surface area contributed by atoms with Crippen LogP contribution in [0.15, 0.2) is 96.2 Å². The lowest BCUT2D eigenvalue weighted by Gasteiger charge is -2.48.